The van der Waals surface area contributed by atoms with Crippen LogP contribution in [0.1, 0.15) is 42.7 Å². The number of carbonyl (C=O) groups is 1. The maximum atomic E-state index is 12.2. The van der Waals surface area contributed by atoms with Gasteiger partial charge in [0.1, 0.15) is 11.5 Å². The molecule has 1 aromatic carbocycles. The van der Waals surface area contributed by atoms with Crippen LogP contribution in [-0.4, -0.2) is 29.0 Å². The molecule has 0 aliphatic heterocycles. The van der Waals surface area contributed by atoms with E-state index in [-0.39, 0.29) is 5.91 Å². The third-order valence-electron chi connectivity index (χ3n) is 3.49. The summed E-state index contributed by atoms with van der Waals surface area (Å²) in [5.74, 6) is 0.575. The number of nitrogens with zero attached hydrogens (tertiary/aromatic N) is 3. The van der Waals surface area contributed by atoms with Crippen molar-refractivity contribution in [3.8, 4) is 0 Å². The van der Waals surface area contributed by atoms with Gasteiger partial charge >= 0.3 is 0 Å². The van der Waals surface area contributed by atoms with Gasteiger partial charge in [0.15, 0.2) is 0 Å². The van der Waals surface area contributed by atoms with Crippen molar-refractivity contribution >= 4 is 17.4 Å². The van der Waals surface area contributed by atoms with Crippen molar-refractivity contribution in [1.29, 1.82) is 0 Å². The summed E-state index contributed by atoms with van der Waals surface area (Å²) in [6.45, 7) is 8.17. The minimum Gasteiger partial charge on any atom is -0.355 e. The molecule has 0 spiro atoms. The van der Waals surface area contributed by atoms with Crippen molar-refractivity contribution in [2.24, 2.45) is 0 Å². The SMILES string of the molecule is CCCN(CCC)c1cnc(C(=O)Nc2ccc(C)cc2)cn1. The van der Waals surface area contributed by atoms with Gasteiger partial charge in [-0.1, -0.05) is 31.5 Å². The zero-order valence-corrected chi connectivity index (χ0v) is 14.0. The highest BCUT2D eigenvalue weighted by atomic mass is 16.1. The summed E-state index contributed by atoms with van der Waals surface area (Å²) >= 11 is 0. The Balaban J connectivity index is 2.05. The Labute approximate surface area is 137 Å². The largest absolute Gasteiger partial charge is 0.355 e. The molecule has 1 amide bonds. The lowest BCUT2D eigenvalue weighted by Crippen LogP contribution is -2.26. The second-order valence-electron chi connectivity index (χ2n) is 5.57. The van der Waals surface area contributed by atoms with E-state index in [1.54, 1.807) is 6.20 Å². The molecule has 0 aliphatic carbocycles. The topological polar surface area (TPSA) is 58.1 Å². The molecule has 5 nitrogen and oxygen atoms in total. The van der Waals surface area contributed by atoms with Crippen molar-refractivity contribution in [2.45, 2.75) is 33.6 Å². The van der Waals surface area contributed by atoms with E-state index in [0.717, 1.165) is 43.0 Å². The molecule has 2 rings (SSSR count). The highest BCUT2D eigenvalue weighted by Crippen LogP contribution is 2.12. The van der Waals surface area contributed by atoms with E-state index in [1.165, 1.54) is 6.20 Å². The fourth-order valence-electron chi connectivity index (χ4n) is 2.31. The molecule has 2 aromatic rings. The van der Waals surface area contributed by atoms with Gasteiger partial charge in [0.05, 0.1) is 12.4 Å². The quantitative estimate of drug-likeness (QED) is 0.847. The number of anilines is 2. The molecule has 23 heavy (non-hydrogen) atoms. The number of rotatable bonds is 7. The Morgan fingerprint density at radius 3 is 2.22 bits per heavy atom. The van der Waals surface area contributed by atoms with E-state index >= 15 is 0 Å². The number of hydrogen-bond donors (Lipinski definition) is 1. The average molecular weight is 312 g/mol. The highest BCUT2D eigenvalue weighted by Gasteiger charge is 2.11. The van der Waals surface area contributed by atoms with Gasteiger partial charge in [0.25, 0.3) is 5.91 Å². The minimum absolute atomic E-state index is 0.245. The predicted molar refractivity (Wildman–Crippen MR) is 94.0 cm³/mol. The first-order valence-corrected chi connectivity index (χ1v) is 8.09. The van der Waals surface area contributed by atoms with E-state index in [2.05, 4.69) is 34.0 Å². The molecule has 0 fully saturated rings. The van der Waals surface area contributed by atoms with Crippen molar-refractivity contribution in [3.63, 3.8) is 0 Å². The smallest absolute Gasteiger partial charge is 0.275 e. The van der Waals surface area contributed by atoms with Crippen LogP contribution in [0, 0.1) is 6.92 Å². The summed E-state index contributed by atoms with van der Waals surface area (Å²) in [7, 11) is 0. The van der Waals surface area contributed by atoms with E-state index < -0.39 is 0 Å². The van der Waals surface area contributed by atoms with Gasteiger partial charge in [0.2, 0.25) is 0 Å². The molecular formula is C18H24N4O. The number of nitrogens with one attached hydrogen (secondary N) is 1. The third-order valence-corrected chi connectivity index (χ3v) is 3.49. The van der Waals surface area contributed by atoms with Crippen LogP contribution in [0.2, 0.25) is 0 Å². The first-order chi connectivity index (χ1) is 11.1. The minimum atomic E-state index is -0.245. The molecule has 1 aromatic heterocycles. The molecule has 0 bridgehead atoms. The summed E-state index contributed by atoms with van der Waals surface area (Å²) in [4.78, 5) is 23.1. The molecule has 0 atom stereocenters. The number of aromatic nitrogens is 2. The van der Waals surface area contributed by atoms with Crippen LogP contribution in [-0.2, 0) is 0 Å². The van der Waals surface area contributed by atoms with Crippen molar-refractivity contribution in [3.05, 3.63) is 47.9 Å². The van der Waals surface area contributed by atoms with Crippen molar-refractivity contribution < 1.29 is 4.79 Å². The molecule has 1 N–H and O–H groups in total. The molecule has 0 radical (unpaired) electrons. The Kier molecular flexibility index (Phi) is 6.09. The van der Waals surface area contributed by atoms with Crippen LogP contribution in [0.15, 0.2) is 36.7 Å². The van der Waals surface area contributed by atoms with Gasteiger partial charge < -0.3 is 10.2 Å². The highest BCUT2D eigenvalue weighted by molar-refractivity contribution is 6.02. The van der Waals surface area contributed by atoms with Crippen LogP contribution in [0.25, 0.3) is 0 Å². The van der Waals surface area contributed by atoms with E-state index in [4.69, 9.17) is 0 Å². The standard InChI is InChI=1S/C18H24N4O/c1-4-10-22(11-5-2)17-13-19-16(12-20-17)18(23)21-15-8-6-14(3)7-9-15/h6-9,12-13H,4-5,10-11H2,1-3H3,(H,21,23). The van der Waals surface area contributed by atoms with Gasteiger partial charge in [-0.15, -0.1) is 0 Å². The molecule has 1 heterocycles. The predicted octanol–water partition coefficient (Wildman–Crippen LogP) is 3.66. The van der Waals surface area contributed by atoms with Crippen LogP contribution < -0.4 is 10.2 Å². The van der Waals surface area contributed by atoms with Crippen molar-refractivity contribution in [2.75, 3.05) is 23.3 Å². The lowest BCUT2D eigenvalue weighted by Gasteiger charge is -2.22. The normalized spacial score (nSPS) is 10.4. The maximum Gasteiger partial charge on any atom is 0.275 e. The molecular weight excluding hydrogens is 288 g/mol. The second-order valence-corrected chi connectivity index (χ2v) is 5.57. The summed E-state index contributed by atoms with van der Waals surface area (Å²) in [6, 6.07) is 7.66. The molecule has 0 saturated carbocycles. The van der Waals surface area contributed by atoms with Crippen LogP contribution in [0.3, 0.4) is 0 Å². The summed E-state index contributed by atoms with van der Waals surface area (Å²) in [6.07, 6.45) is 5.32. The second kappa shape index (κ2) is 8.27. The van der Waals surface area contributed by atoms with Crippen LogP contribution in [0.4, 0.5) is 11.5 Å². The fraction of sp³-hybridized carbons (Fsp3) is 0.389. The molecule has 122 valence electrons. The Hall–Kier alpha value is -2.43. The Morgan fingerprint density at radius 2 is 1.70 bits per heavy atom. The molecule has 5 heteroatoms. The van der Waals surface area contributed by atoms with Crippen LogP contribution >= 0.6 is 0 Å². The summed E-state index contributed by atoms with van der Waals surface area (Å²) in [5.41, 5.74) is 2.23. The first kappa shape index (κ1) is 16.9. The fourth-order valence-corrected chi connectivity index (χ4v) is 2.31. The van der Waals surface area contributed by atoms with E-state index in [0.29, 0.717) is 5.69 Å². The number of hydrogen-bond acceptors (Lipinski definition) is 4. The van der Waals surface area contributed by atoms with Gasteiger partial charge in [-0.25, -0.2) is 9.97 Å². The average Bonchev–Trinajstić information content (AvgIpc) is 2.57. The van der Waals surface area contributed by atoms with Gasteiger partial charge in [-0.3, -0.25) is 4.79 Å². The Morgan fingerprint density at radius 1 is 1.04 bits per heavy atom. The Bertz CT molecular complexity index is 616. The zero-order chi connectivity index (χ0) is 16.7. The number of carbonyl (C=O) groups excluding carboxylic acids is 1. The van der Waals surface area contributed by atoms with Crippen molar-refractivity contribution in [1.82, 2.24) is 9.97 Å². The third kappa shape index (κ3) is 4.77. The van der Waals surface area contributed by atoms with Crippen LogP contribution in [0.5, 0.6) is 0 Å². The molecule has 0 saturated heterocycles. The van der Waals surface area contributed by atoms with E-state index in [9.17, 15) is 4.79 Å². The monoisotopic (exact) mass is 312 g/mol. The first-order valence-electron chi connectivity index (χ1n) is 8.09. The van der Waals surface area contributed by atoms with Gasteiger partial charge in [-0.2, -0.15) is 0 Å². The maximum absolute atomic E-state index is 12.2. The van der Waals surface area contributed by atoms with Gasteiger partial charge in [0, 0.05) is 18.8 Å². The summed E-state index contributed by atoms with van der Waals surface area (Å²) < 4.78 is 0. The number of aryl methyl sites for hydroxylation is 1. The van der Waals surface area contributed by atoms with E-state index in [1.807, 2.05) is 31.2 Å². The molecule has 0 unspecified atom stereocenters. The summed E-state index contributed by atoms with van der Waals surface area (Å²) in [5, 5.41) is 2.83. The molecule has 0 aliphatic rings. The number of benzene rings is 1. The lowest BCUT2D eigenvalue weighted by molar-refractivity contribution is 0.102. The zero-order valence-electron chi connectivity index (χ0n) is 14.0. The number of amides is 1. The van der Waals surface area contributed by atoms with Gasteiger partial charge in [-0.05, 0) is 31.9 Å². The lowest BCUT2D eigenvalue weighted by atomic mass is 10.2.